The van der Waals surface area contributed by atoms with Gasteiger partial charge in [0, 0.05) is 6.04 Å². The van der Waals surface area contributed by atoms with Crippen LogP contribution in [-0.2, 0) is 9.59 Å². The second kappa shape index (κ2) is 5.29. The fourth-order valence-corrected chi connectivity index (χ4v) is 3.37. The van der Waals surface area contributed by atoms with Crippen LogP contribution >= 0.6 is 11.8 Å². The molecule has 0 heterocycles. The van der Waals surface area contributed by atoms with Gasteiger partial charge in [-0.1, -0.05) is 19.3 Å². The van der Waals surface area contributed by atoms with Crippen LogP contribution in [0.5, 0.6) is 0 Å². The fourth-order valence-electron chi connectivity index (χ4n) is 2.83. The van der Waals surface area contributed by atoms with Crippen LogP contribution in [0.3, 0.4) is 0 Å². The average Bonchev–Trinajstić information content (AvgIpc) is 2.90. The van der Waals surface area contributed by atoms with Gasteiger partial charge in [-0.25, -0.2) is 0 Å². The van der Waals surface area contributed by atoms with Crippen LogP contribution in [0.1, 0.15) is 38.5 Å². The monoisotopic (exact) mass is 257 g/mol. The summed E-state index contributed by atoms with van der Waals surface area (Å²) in [6.45, 7) is 0. The smallest absolute Gasteiger partial charge is 0.313 e. The Bertz CT molecular complexity index is 313. The van der Waals surface area contributed by atoms with Crippen molar-refractivity contribution in [2.24, 2.45) is 5.41 Å². The van der Waals surface area contributed by atoms with Crippen LogP contribution in [0.2, 0.25) is 0 Å². The van der Waals surface area contributed by atoms with Gasteiger partial charge in [0.1, 0.15) is 0 Å². The number of rotatable bonds is 5. The highest BCUT2D eigenvalue weighted by Crippen LogP contribution is 2.56. The number of carbonyl (C=O) groups is 2. The molecule has 1 unspecified atom stereocenters. The predicted molar refractivity (Wildman–Crippen MR) is 67.0 cm³/mol. The molecule has 0 bridgehead atoms. The second-order valence-corrected chi connectivity index (χ2v) is 6.12. The van der Waals surface area contributed by atoms with Crippen LogP contribution < -0.4 is 5.32 Å². The number of nitrogens with one attached hydrogen (secondary N) is 1. The van der Waals surface area contributed by atoms with Gasteiger partial charge in [0.2, 0.25) is 5.91 Å². The normalized spacial score (nSPS) is 25.5. The molecule has 0 aliphatic heterocycles. The van der Waals surface area contributed by atoms with Crippen molar-refractivity contribution in [2.75, 3.05) is 11.5 Å². The first-order valence-corrected chi connectivity index (χ1v) is 7.37. The Balaban J connectivity index is 1.65. The van der Waals surface area contributed by atoms with Gasteiger partial charge >= 0.3 is 5.97 Å². The minimum Gasteiger partial charge on any atom is -0.481 e. The Hall–Kier alpha value is -0.710. The molecule has 2 saturated carbocycles. The van der Waals surface area contributed by atoms with Gasteiger partial charge in [0.15, 0.2) is 0 Å². The zero-order valence-corrected chi connectivity index (χ0v) is 10.7. The molecule has 5 heteroatoms. The van der Waals surface area contributed by atoms with E-state index >= 15 is 0 Å². The van der Waals surface area contributed by atoms with Crippen molar-refractivity contribution in [1.29, 1.82) is 0 Å². The maximum absolute atomic E-state index is 11.6. The first-order valence-electron chi connectivity index (χ1n) is 6.21. The summed E-state index contributed by atoms with van der Waals surface area (Å²) < 4.78 is 0. The maximum atomic E-state index is 11.6. The van der Waals surface area contributed by atoms with Gasteiger partial charge in [-0.3, -0.25) is 9.59 Å². The van der Waals surface area contributed by atoms with E-state index in [1.807, 2.05) is 0 Å². The zero-order chi connectivity index (χ0) is 12.3. The van der Waals surface area contributed by atoms with E-state index in [2.05, 4.69) is 5.32 Å². The average molecular weight is 257 g/mol. The summed E-state index contributed by atoms with van der Waals surface area (Å²) in [5.41, 5.74) is 0.408. The lowest BCUT2D eigenvalue weighted by Crippen LogP contribution is -2.32. The molecule has 0 saturated heterocycles. The molecule has 96 valence electrons. The highest BCUT2D eigenvalue weighted by Gasteiger charge is 2.54. The molecule has 0 aromatic rings. The molecular weight excluding hydrogens is 238 g/mol. The third-order valence-corrected chi connectivity index (χ3v) is 4.75. The van der Waals surface area contributed by atoms with Crippen LogP contribution in [0.15, 0.2) is 0 Å². The lowest BCUT2D eigenvalue weighted by atomic mass is 9.86. The highest BCUT2D eigenvalue weighted by molar-refractivity contribution is 8.00. The minimum absolute atomic E-state index is 0.00320. The van der Waals surface area contributed by atoms with Crippen LogP contribution in [0, 0.1) is 5.41 Å². The molecule has 2 N–H and O–H groups in total. The van der Waals surface area contributed by atoms with Crippen LogP contribution in [0.25, 0.3) is 0 Å². The number of aliphatic carboxylic acids is 1. The van der Waals surface area contributed by atoms with Crippen molar-refractivity contribution in [3.63, 3.8) is 0 Å². The molecule has 0 radical (unpaired) electrons. The van der Waals surface area contributed by atoms with Crippen molar-refractivity contribution in [2.45, 2.75) is 44.6 Å². The number of thioether (sulfide) groups is 1. The molecule has 2 rings (SSSR count). The molecule has 4 nitrogen and oxygen atoms in total. The van der Waals surface area contributed by atoms with Crippen molar-refractivity contribution in [1.82, 2.24) is 5.32 Å². The summed E-state index contributed by atoms with van der Waals surface area (Å²) >= 11 is 1.16. The lowest BCUT2D eigenvalue weighted by Gasteiger charge is -2.22. The molecule has 2 fully saturated rings. The molecule has 1 amide bonds. The second-order valence-electron chi connectivity index (χ2n) is 5.13. The molecule has 0 aromatic heterocycles. The number of carboxylic acid groups (broad SMARTS) is 1. The van der Waals surface area contributed by atoms with Gasteiger partial charge < -0.3 is 10.4 Å². The summed E-state index contributed by atoms with van der Waals surface area (Å²) in [6, 6.07) is 0.362. The molecule has 0 aromatic carbocycles. The van der Waals surface area contributed by atoms with Gasteiger partial charge in [-0.15, -0.1) is 11.8 Å². The van der Waals surface area contributed by atoms with Crippen LogP contribution in [-0.4, -0.2) is 34.5 Å². The topological polar surface area (TPSA) is 66.4 Å². The Kier molecular flexibility index (Phi) is 3.97. The van der Waals surface area contributed by atoms with E-state index in [0.717, 1.165) is 18.2 Å². The van der Waals surface area contributed by atoms with Crippen molar-refractivity contribution < 1.29 is 14.7 Å². The number of carbonyl (C=O) groups excluding carboxylic acids is 1. The Morgan fingerprint density at radius 2 is 1.94 bits per heavy atom. The Labute approximate surface area is 106 Å². The van der Waals surface area contributed by atoms with Crippen molar-refractivity contribution >= 4 is 23.6 Å². The predicted octanol–water partition coefficient (Wildman–Crippen LogP) is 1.64. The van der Waals surface area contributed by atoms with Gasteiger partial charge in [-0.05, 0) is 24.7 Å². The molecule has 2 aliphatic rings. The van der Waals surface area contributed by atoms with Crippen LogP contribution in [0.4, 0.5) is 0 Å². The molecule has 17 heavy (non-hydrogen) atoms. The van der Waals surface area contributed by atoms with E-state index in [-0.39, 0.29) is 17.4 Å². The number of hydrogen-bond donors (Lipinski definition) is 2. The molecular formula is C12H19NO3S. The van der Waals surface area contributed by atoms with Crippen molar-refractivity contribution in [3.8, 4) is 0 Å². The first kappa shape index (κ1) is 12.7. The SMILES string of the molecule is O=C(O)CSCC(=O)NC1CC12CCCCC2. The highest BCUT2D eigenvalue weighted by atomic mass is 32.2. The zero-order valence-electron chi connectivity index (χ0n) is 9.91. The van der Waals surface area contributed by atoms with E-state index in [1.165, 1.54) is 32.1 Å². The third kappa shape index (κ3) is 3.37. The van der Waals surface area contributed by atoms with E-state index < -0.39 is 5.97 Å². The van der Waals surface area contributed by atoms with E-state index in [0.29, 0.717) is 11.5 Å². The largest absolute Gasteiger partial charge is 0.481 e. The summed E-state index contributed by atoms with van der Waals surface area (Å²) in [7, 11) is 0. The lowest BCUT2D eigenvalue weighted by molar-refractivity contribution is -0.133. The molecule has 2 aliphatic carbocycles. The third-order valence-electron chi connectivity index (χ3n) is 3.83. The van der Waals surface area contributed by atoms with Gasteiger partial charge in [0.05, 0.1) is 11.5 Å². The minimum atomic E-state index is -0.863. The quantitative estimate of drug-likeness (QED) is 0.786. The van der Waals surface area contributed by atoms with Gasteiger partial charge in [0.25, 0.3) is 0 Å². The first-order chi connectivity index (χ1) is 8.12. The Morgan fingerprint density at radius 1 is 1.24 bits per heavy atom. The van der Waals surface area contributed by atoms with E-state index in [4.69, 9.17) is 5.11 Å². The number of carboxylic acids is 1. The van der Waals surface area contributed by atoms with E-state index in [9.17, 15) is 9.59 Å². The van der Waals surface area contributed by atoms with Crippen molar-refractivity contribution in [3.05, 3.63) is 0 Å². The molecule has 1 spiro atoms. The summed E-state index contributed by atoms with van der Waals surface area (Å²) in [5, 5.41) is 11.5. The number of hydrogen-bond acceptors (Lipinski definition) is 3. The maximum Gasteiger partial charge on any atom is 0.313 e. The summed E-state index contributed by atoms with van der Waals surface area (Å²) in [6.07, 6.45) is 7.54. The fraction of sp³-hybridized carbons (Fsp3) is 0.833. The summed E-state index contributed by atoms with van der Waals surface area (Å²) in [5.74, 6) is -0.607. The Morgan fingerprint density at radius 3 is 2.59 bits per heavy atom. The van der Waals surface area contributed by atoms with Gasteiger partial charge in [-0.2, -0.15) is 0 Å². The number of amides is 1. The molecule has 1 atom stereocenters. The van der Waals surface area contributed by atoms with E-state index in [1.54, 1.807) is 0 Å². The summed E-state index contributed by atoms with van der Waals surface area (Å²) in [4.78, 5) is 21.9. The standard InChI is InChI=1S/C12H19NO3S/c14-10(7-17-8-11(15)16)13-9-6-12(9)4-2-1-3-5-12/h9H,1-8H2,(H,13,14)(H,15,16).